The van der Waals surface area contributed by atoms with Gasteiger partial charge in [-0.2, -0.15) is 0 Å². The van der Waals surface area contributed by atoms with Gasteiger partial charge < -0.3 is 14.6 Å². The summed E-state index contributed by atoms with van der Waals surface area (Å²) in [4.78, 5) is 0. The SMILES string of the molecule is C=CC[C@@]1(C)C[C@H]1C[C@H](O)C1(C)OCCO1. The van der Waals surface area contributed by atoms with Crippen LogP contribution in [0.25, 0.3) is 0 Å². The van der Waals surface area contributed by atoms with Crippen molar-refractivity contribution >= 4 is 0 Å². The van der Waals surface area contributed by atoms with Crippen molar-refractivity contribution in [2.75, 3.05) is 13.2 Å². The van der Waals surface area contributed by atoms with E-state index >= 15 is 0 Å². The van der Waals surface area contributed by atoms with Crippen LogP contribution in [-0.2, 0) is 9.47 Å². The van der Waals surface area contributed by atoms with E-state index in [1.54, 1.807) is 0 Å². The van der Waals surface area contributed by atoms with Gasteiger partial charge in [-0.15, -0.1) is 6.58 Å². The highest BCUT2D eigenvalue weighted by atomic mass is 16.7. The van der Waals surface area contributed by atoms with Crippen LogP contribution in [0.5, 0.6) is 0 Å². The van der Waals surface area contributed by atoms with Gasteiger partial charge in [-0.1, -0.05) is 13.0 Å². The summed E-state index contributed by atoms with van der Waals surface area (Å²) >= 11 is 0. The third-order valence-corrected chi connectivity index (χ3v) is 4.12. The zero-order valence-electron chi connectivity index (χ0n) is 10.2. The second-order valence-corrected chi connectivity index (χ2v) is 5.51. The monoisotopic (exact) mass is 226 g/mol. The minimum absolute atomic E-state index is 0.345. The number of hydrogen-bond donors (Lipinski definition) is 1. The lowest BCUT2D eigenvalue weighted by molar-refractivity contribution is -0.210. The standard InChI is InChI=1S/C13H22O3/c1-4-5-12(2)9-10(12)8-11(14)13(3)15-6-7-16-13/h4,10-11,14H,1,5-9H2,2-3H3/t10-,11+,12+/m1/s1. The molecule has 92 valence electrons. The van der Waals surface area contributed by atoms with E-state index in [0.717, 1.165) is 12.8 Å². The van der Waals surface area contributed by atoms with Crippen molar-refractivity contribution in [3.05, 3.63) is 12.7 Å². The highest BCUT2D eigenvalue weighted by molar-refractivity contribution is 5.03. The van der Waals surface area contributed by atoms with E-state index in [0.29, 0.717) is 24.5 Å². The van der Waals surface area contributed by atoms with Crippen LogP contribution in [0.15, 0.2) is 12.7 Å². The van der Waals surface area contributed by atoms with Crippen LogP contribution < -0.4 is 0 Å². The molecule has 2 fully saturated rings. The molecule has 0 bridgehead atoms. The first-order valence-corrected chi connectivity index (χ1v) is 6.07. The summed E-state index contributed by atoms with van der Waals surface area (Å²) in [6.45, 7) is 9.04. The fourth-order valence-electron chi connectivity index (χ4n) is 2.66. The minimum atomic E-state index is -0.780. The highest BCUT2D eigenvalue weighted by Gasteiger charge is 2.52. The van der Waals surface area contributed by atoms with Crippen LogP contribution >= 0.6 is 0 Å². The Morgan fingerprint density at radius 1 is 1.44 bits per heavy atom. The van der Waals surface area contributed by atoms with Crippen molar-refractivity contribution < 1.29 is 14.6 Å². The second-order valence-electron chi connectivity index (χ2n) is 5.51. The molecule has 0 aromatic carbocycles. The summed E-state index contributed by atoms with van der Waals surface area (Å²) < 4.78 is 10.9. The molecule has 1 saturated carbocycles. The van der Waals surface area contributed by atoms with Crippen LogP contribution in [0.2, 0.25) is 0 Å². The number of aliphatic hydroxyl groups excluding tert-OH is 1. The Hall–Kier alpha value is -0.380. The molecule has 0 aromatic heterocycles. The van der Waals surface area contributed by atoms with Gasteiger partial charge in [0.25, 0.3) is 0 Å². The maximum Gasteiger partial charge on any atom is 0.191 e. The number of rotatable bonds is 5. The van der Waals surface area contributed by atoms with E-state index in [1.807, 2.05) is 13.0 Å². The molecular formula is C13H22O3. The van der Waals surface area contributed by atoms with Gasteiger partial charge in [0.2, 0.25) is 0 Å². The summed E-state index contributed by atoms with van der Waals surface area (Å²) in [7, 11) is 0. The lowest BCUT2D eigenvalue weighted by Crippen LogP contribution is -2.40. The lowest BCUT2D eigenvalue weighted by Gasteiger charge is -2.28. The molecule has 1 heterocycles. The average molecular weight is 226 g/mol. The third-order valence-electron chi connectivity index (χ3n) is 4.12. The van der Waals surface area contributed by atoms with Crippen LogP contribution in [0.4, 0.5) is 0 Å². The van der Waals surface area contributed by atoms with Crippen LogP contribution in [0.1, 0.15) is 33.1 Å². The first-order chi connectivity index (χ1) is 7.50. The van der Waals surface area contributed by atoms with Gasteiger partial charge in [0.05, 0.1) is 13.2 Å². The molecule has 0 aromatic rings. The van der Waals surface area contributed by atoms with Gasteiger partial charge in [-0.05, 0) is 37.5 Å². The number of allylic oxidation sites excluding steroid dienone is 1. The lowest BCUT2D eigenvalue weighted by atomic mass is 9.96. The van der Waals surface area contributed by atoms with Gasteiger partial charge in [0.1, 0.15) is 6.10 Å². The number of hydrogen-bond acceptors (Lipinski definition) is 3. The first-order valence-electron chi connectivity index (χ1n) is 6.07. The van der Waals surface area contributed by atoms with Crippen LogP contribution in [0.3, 0.4) is 0 Å². The van der Waals surface area contributed by atoms with Crippen LogP contribution in [0, 0.1) is 11.3 Å². The third kappa shape index (κ3) is 2.17. The molecule has 2 rings (SSSR count). The Morgan fingerprint density at radius 2 is 2.06 bits per heavy atom. The maximum absolute atomic E-state index is 10.1. The fourth-order valence-corrected chi connectivity index (χ4v) is 2.66. The van der Waals surface area contributed by atoms with E-state index < -0.39 is 11.9 Å². The molecule has 0 amide bonds. The molecule has 0 spiro atoms. The van der Waals surface area contributed by atoms with E-state index in [-0.39, 0.29) is 0 Å². The van der Waals surface area contributed by atoms with Crippen molar-refractivity contribution in [3.8, 4) is 0 Å². The zero-order chi connectivity index (χ0) is 11.8. The quantitative estimate of drug-likeness (QED) is 0.730. The zero-order valence-corrected chi connectivity index (χ0v) is 10.2. The Morgan fingerprint density at radius 3 is 2.62 bits per heavy atom. The Bertz CT molecular complexity index is 270. The van der Waals surface area contributed by atoms with E-state index in [1.165, 1.54) is 6.42 Å². The summed E-state index contributed by atoms with van der Waals surface area (Å²) in [6, 6.07) is 0. The maximum atomic E-state index is 10.1. The van der Waals surface area contributed by atoms with Crippen molar-refractivity contribution in [1.82, 2.24) is 0 Å². The van der Waals surface area contributed by atoms with Crippen molar-refractivity contribution in [2.24, 2.45) is 11.3 Å². The molecule has 1 aliphatic heterocycles. The van der Waals surface area contributed by atoms with Crippen LogP contribution in [-0.4, -0.2) is 30.2 Å². The molecule has 1 N–H and O–H groups in total. The van der Waals surface area contributed by atoms with Crippen molar-refractivity contribution in [1.29, 1.82) is 0 Å². The minimum Gasteiger partial charge on any atom is -0.388 e. The molecule has 3 atom stereocenters. The van der Waals surface area contributed by atoms with Crippen molar-refractivity contribution in [2.45, 2.75) is 45.0 Å². The van der Waals surface area contributed by atoms with E-state index in [2.05, 4.69) is 13.5 Å². The van der Waals surface area contributed by atoms with E-state index in [4.69, 9.17) is 9.47 Å². The molecule has 1 aliphatic carbocycles. The summed E-state index contributed by atoms with van der Waals surface area (Å²) in [5.74, 6) is -0.206. The van der Waals surface area contributed by atoms with Crippen molar-refractivity contribution in [3.63, 3.8) is 0 Å². The molecule has 0 unspecified atom stereocenters. The Kier molecular flexibility index (Phi) is 3.12. The summed E-state index contributed by atoms with van der Waals surface area (Å²) in [5.41, 5.74) is 0.345. The molecular weight excluding hydrogens is 204 g/mol. The number of aliphatic hydroxyl groups is 1. The predicted octanol–water partition coefficient (Wildman–Crippen LogP) is 2.10. The Labute approximate surface area is 97.4 Å². The predicted molar refractivity (Wildman–Crippen MR) is 62.0 cm³/mol. The van der Waals surface area contributed by atoms with Gasteiger partial charge >= 0.3 is 0 Å². The topological polar surface area (TPSA) is 38.7 Å². The normalized spacial score (nSPS) is 38.3. The van der Waals surface area contributed by atoms with E-state index in [9.17, 15) is 5.11 Å². The molecule has 0 radical (unpaired) electrons. The van der Waals surface area contributed by atoms with Gasteiger partial charge in [0, 0.05) is 0 Å². The first kappa shape index (κ1) is 12.1. The highest BCUT2D eigenvalue weighted by Crippen LogP contribution is 2.57. The smallest absolute Gasteiger partial charge is 0.191 e. The summed E-state index contributed by atoms with van der Waals surface area (Å²) in [6.07, 6.45) is 4.42. The number of ether oxygens (including phenoxy) is 2. The second kappa shape index (κ2) is 4.13. The van der Waals surface area contributed by atoms with Gasteiger partial charge in [-0.3, -0.25) is 0 Å². The Balaban J connectivity index is 1.85. The fraction of sp³-hybridized carbons (Fsp3) is 0.846. The van der Waals surface area contributed by atoms with Gasteiger partial charge in [-0.25, -0.2) is 0 Å². The molecule has 2 aliphatic rings. The molecule has 16 heavy (non-hydrogen) atoms. The summed E-state index contributed by atoms with van der Waals surface area (Å²) in [5, 5.41) is 10.1. The molecule has 1 saturated heterocycles. The molecule has 3 nitrogen and oxygen atoms in total. The average Bonchev–Trinajstić information content (AvgIpc) is 2.65. The largest absolute Gasteiger partial charge is 0.388 e. The van der Waals surface area contributed by atoms with Gasteiger partial charge in [0.15, 0.2) is 5.79 Å². The molecule has 3 heteroatoms.